The van der Waals surface area contributed by atoms with Gasteiger partial charge in [-0.05, 0) is 18.0 Å². The Morgan fingerprint density at radius 2 is 1.69 bits per heavy atom. The zero-order valence-corrected chi connectivity index (χ0v) is 13.6. The summed E-state index contributed by atoms with van der Waals surface area (Å²) in [4.78, 5) is 0. The molecule has 0 saturated heterocycles. The van der Waals surface area contributed by atoms with Crippen LogP contribution in [-0.2, 0) is 4.43 Å². The molecule has 0 saturated carbocycles. The Morgan fingerprint density at radius 3 is 2.12 bits per heavy atom. The molecule has 1 aromatic rings. The Balaban J connectivity index is 2.64. The molecule has 0 bridgehead atoms. The van der Waals surface area contributed by atoms with Crippen molar-refractivity contribution in [3.8, 4) is 0 Å². The molecule has 0 aliphatic rings. The second-order valence-corrected chi connectivity index (χ2v) is 9.46. The van der Waals surface area contributed by atoms with Gasteiger partial charge in [0.05, 0.1) is 8.80 Å². The third-order valence-electron chi connectivity index (χ3n) is 3.62. The largest absolute Gasteiger partial charge is 0.416 e. The van der Waals surface area contributed by atoms with E-state index in [1.165, 1.54) is 18.0 Å². The van der Waals surface area contributed by atoms with Crippen molar-refractivity contribution in [3.63, 3.8) is 0 Å². The molecule has 0 heterocycles. The van der Waals surface area contributed by atoms with E-state index in [4.69, 9.17) is 4.43 Å². The van der Waals surface area contributed by atoms with Gasteiger partial charge in [-0.3, -0.25) is 0 Å². The van der Waals surface area contributed by atoms with Crippen molar-refractivity contribution in [2.24, 2.45) is 0 Å². The quantitative estimate of drug-likeness (QED) is 0.704. The number of hydrogen-bond acceptors (Lipinski definition) is 1. The van der Waals surface area contributed by atoms with Gasteiger partial charge in [0.15, 0.2) is 9.76 Å². The highest BCUT2D eigenvalue weighted by atomic mass is 28.3. The Kier molecular flexibility index (Phi) is 5.45. The van der Waals surface area contributed by atoms with E-state index >= 15 is 0 Å². The van der Waals surface area contributed by atoms with Gasteiger partial charge in [0.1, 0.15) is 0 Å². The van der Waals surface area contributed by atoms with Crippen molar-refractivity contribution < 1.29 is 4.43 Å². The average molecular weight is 253 g/mol. The molecule has 1 rings (SSSR count). The van der Waals surface area contributed by atoms with E-state index in [-0.39, 0.29) is 5.22 Å². The lowest BCUT2D eigenvalue weighted by molar-refractivity contribution is 0.150. The van der Waals surface area contributed by atoms with Gasteiger partial charge in [-0.1, -0.05) is 57.3 Å². The summed E-state index contributed by atoms with van der Waals surface area (Å²) < 4.78 is 6.38. The van der Waals surface area contributed by atoms with E-state index in [0.717, 1.165) is 0 Å². The molecular weight excluding hydrogens is 228 g/mol. The van der Waals surface area contributed by atoms with Crippen LogP contribution in [0.25, 0.3) is 0 Å². The molecule has 0 fully saturated rings. The molecule has 0 unspecified atom stereocenters. The van der Waals surface area contributed by atoms with Gasteiger partial charge in [0.25, 0.3) is 0 Å². The maximum atomic E-state index is 6.38. The highest BCUT2D eigenvalue weighted by molar-refractivity contribution is 6.60. The second-order valence-electron chi connectivity index (χ2n) is 4.70. The van der Waals surface area contributed by atoms with Crippen LogP contribution in [0.4, 0.5) is 0 Å². The topological polar surface area (TPSA) is 9.23 Å². The Bertz CT molecular complexity index is 294. The first-order valence-corrected chi connectivity index (χ1v) is 10.5. The van der Waals surface area contributed by atoms with Gasteiger partial charge in [-0.25, -0.2) is 0 Å². The van der Waals surface area contributed by atoms with E-state index in [1.54, 1.807) is 0 Å². The van der Waals surface area contributed by atoms with Gasteiger partial charge in [0.2, 0.25) is 0 Å². The Labute approximate surface area is 104 Å². The first kappa shape index (κ1) is 13.7. The summed E-state index contributed by atoms with van der Waals surface area (Å²) in [5.41, 5.74) is 0. The van der Waals surface area contributed by atoms with E-state index in [0.29, 0.717) is 0 Å². The summed E-state index contributed by atoms with van der Waals surface area (Å²) in [6.07, 6.45) is 2.35. The zero-order valence-electron chi connectivity index (χ0n) is 11.0. The van der Waals surface area contributed by atoms with E-state index in [1.807, 2.05) is 0 Å². The summed E-state index contributed by atoms with van der Waals surface area (Å²) in [7, 11) is -1.30. The van der Waals surface area contributed by atoms with Gasteiger partial charge < -0.3 is 4.43 Å². The van der Waals surface area contributed by atoms with Crippen LogP contribution >= 0.6 is 0 Å². The summed E-state index contributed by atoms with van der Waals surface area (Å²) >= 11 is 0. The number of rotatable bonds is 6. The predicted molar refractivity (Wildman–Crippen MR) is 77.9 cm³/mol. The molecule has 0 aliphatic carbocycles. The van der Waals surface area contributed by atoms with Crippen LogP contribution in [0.1, 0.15) is 26.7 Å². The zero-order chi connectivity index (χ0) is 12.0. The average Bonchev–Trinajstić information content (AvgIpc) is 2.32. The lowest BCUT2D eigenvalue weighted by Gasteiger charge is -2.36. The fourth-order valence-corrected chi connectivity index (χ4v) is 6.78. The third kappa shape index (κ3) is 3.30. The molecule has 0 N–H and O–H groups in total. The maximum absolute atomic E-state index is 6.38. The fourth-order valence-electron chi connectivity index (χ4n) is 2.24. The smallest absolute Gasteiger partial charge is 0.192 e. The van der Waals surface area contributed by atoms with Crippen molar-refractivity contribution in [1.82, 2.24) is 0 Å². The molecule has 0 radical (unpaired) electrons. The molecule has 1 aromatic carbocycles. The van der Waals surface area contributed by atoms with Crippen molar-refractivity contribution in [2.75, 3.05) is 0 Å². The molecule has 0 aromatic heterocycles. The Morgan fingerprint density at radius 1 is 1.12 bits per heavy atom. The predicted octanol–water partition coefficient (Wildman–Crippen LogP) is 2.00. The maximum Gasteiger partial charge on any atom is 0.192 e. The third-order valence-corrected chi connectivity index (χ3v) is 8.56. The molecule has 0 amide bonds. The van der Waals surface area contributed by atoms with Crippen LogP contribution in [-0.4, -0.2) is 23.8 Å². The van der Waals surface area contributed by atoms with Crippen molar-refractivity contribution >= 4 is 23.7 Å². The minimum atomic E-state index is -0.750. The van der Waals surface area contributed by atoms with E-state index < -0.39 is 18.6 Å². The van der Waals surface area contributed by atoms with Gasteiger partial charge in [-0.2, -0.15) is 0 Å². The highest BCUT2D eigenvalue weighted by Crippen LogP contribution is 2.23. The molecule has 3 heteroatoms. The minimum absolute atomic E-state index is 0.238. The summed E-state index contributed by atoms with van der Waals surface area (Å²) in [5.74, 6) is 0. The Hall–Kier alpha value is -0.386. The van der Waals surface area contributed by atoms with Gasteiger partial charge in [-0.15, -0.1) is 0 Å². The lowest BCUT2D eigenvalue weighted by atomic mass is 10.2. The van der Waals surface area contributed by atoms with Crippen LogP contribution < -0.4 is 5.19 Å². The van der Waals surface area contributed by atoms with Crippen molar-refractivity contribution in [3.05, 3.63) is 30.3 Å². The molecule has 16 heavy (non-hydrogen) atoms. The van der Waals surface area contributed by atoms with Crippen molar-refractivity contribution in [2.45, 2.75) is 45.0 Å². The van der Waals surface area contributed by atoms with Gasteiger partial charge in [0, 0.05) is 5.22 Å². The summed E-state index contributed by atoms with van der Waals surface area (Å²) in [6.45, 7) is 9.37. The SMILES string of the molecule is CCC(CC)(O[SiH2]c1ccccc1)[SiH](C)C. The first-order valence-electron chi connectivity index (χ1n) is 6.32. The molecule has 1 nitrogen and oxygen atoms in total. The first-order chi connectivity index (χ1) is 7.64. The molecule has 0 aliphatic heterocycles. The lowest BCUT2D eigenvalue weighted by Crippen LogP contribution is -2.46. The van der Waals surface area contributed by atoms with Crippen LogP contribution in [0, 0.1) is 0 Å². The van der Waals surface area contributed by atoms with Gasteiger partial charge >= 0.3 is 0 Å². The number of hydrogen-bond donors (Lipinski definition) is 0. The van der Waals surface area contributed by atoms with E-state index in [2.05, 4.69) is 57.3 Å². The molecule has 90 valence electrons. The number of benzene rings is 1. The van der Waals surface area contributed by atoms with Crippen LogP contribution in [0.15, 0.2) is 30.3 Å². The van der Waals surface area contributed by atoms with Crippen LogP contribution in [0.2, 0.25) is 13.1 Å². The normalized spacial score (nSPS) is 12.8. The van der Waals surface area contributed by atoms with Crippen molar-refractivity contribution in [1.29, 1.82) is 0 Å². The summed E-state index contributed by atoms with van der Waals surface area (Å²) in [6, 6.07) is 10.7. The van der Waals surface area contributed by atoms with Crippen LogP contribution in [0.3, 0.4) is 0 Å². The van der Waals surface area contributed by atoms with E-state index in [9.17, 15) is 0 Å². The highest BCUT2D eigenvalue weighted by Gasteiger charge is 2.31. The van der Waals surface area contributed by atoms with Crippen LogP contribution in [0.5, 0.6) is 0 Å². The molecule has 0 spiro atoms. The monoisotopic (exact) mass is 252 g/mol. The fraction of sp³-hybridized carbons (Fsp3) is 0.538. The molecular formula is C13H24OSi2. The molecule has 0 atom stereocenters. The minimum Gasteiger partial charge on any atom is -0.416 e. The second kappa shape index (κ2) is 6.37. The standard InChI is InChI=1S/C13H24OSi2/c1-5-13(6-2,16(3)4)14-15-12-10-8-7-9-11-12/h7-11,16H,5-6,15H2,1-4H3. The summed E-state index contributed by atoms with van der Waals surface area (Å²) in [5, 5.41) is 1.66.